The van der Waals surface area contributed by atoms with E-state index in [0.717, 1.165) is 78.6 Å². The van der Waals surface area contributed by atoms with Crippen molar-refractivity contribution in [2.24, 2.45) is 0 Å². The van der Waals surface area contributed by atoms with Gasteiger partial charge in [0.2, 0.25) is 0 Å². The van der Waals surface area contributed by atoms with Crippen LogP contribution in [0.1, 0.15) is 22.3 Å². The van der Waals surface area contributed by atoms with Gasteiger partial charge in [0.1, 0.15) is 0 Å². The van der Waals surface area contributed by atoms with E-state index in [1.54, 1.807) is 0 Å². The minimum Gasteiger partial charge on any atom is -0.307 e. The van der Waals surface area contributed by atoms with Gasteiger partial charge in [0.25, 0.3) is 0 Å². The number of para-hydroxylation sites is 2. The van der Waals surface area contributed by atoms with E-state index in [1.165, 1.54) is 43.8 Å². The van der Waals surface area contributed by atoms with Gasteiger partial charge < -0.3 is 14.0 Å². The molecule has 0 atom stereocenters. The molecule has 0 aliphatic carbocycles. The summed E-state index contributed by atoms with van der Waals surface area (Å²) in [6, 6.07) is 76.7. The lowest BCUT2D eigenvalue weighted by atomic mass is 10.0. The van der Waals surface area contributed by atoms with Crippen LogP contribution >= 0.6 is 0 Å². The fraction of sp³-hybridized carbons (Fsp3) is 0.0645. The van der Waals surface area contributed by atoms with Crippen molar-refractivity contribution in [1.82, 2.24) is 19.1 Å². The Bertz CT molecular complexity index is 3470. The largest absolute Gasteiger partial charge is 0.307 e. The first-order valence-electron chi connectivity index (χ1n) is 23.0. The zero-order valence-electron chi connectivity index (χ0n) is 37.9. The highest BCUT2D eigenvalue weighted by Crippen LogP contribution is 2.49. The van der Waals surface area contributed by atoms with Crippen molar-refractivity contribution in [3.8, 4) is 45.3 Å². The Kier molecular flexibility index (Phi) is 9.65. The molecule has 0 bridgehead atoms. The van der Waals surface area contributed by atoms with E-state index in [0.29, 0.717) is 5.82 Å². The molecule has 9 aromatic carbocycles. The van der Waals surface area contributed by atoms with Crippen molar-refractivity contribution in [2.45, 2.75) is 27.7 Å². The molecule has 0 saturated heterocycles. The Labute approximate surface area is 390 Å². The van der Waals surface area contributed by atoms with Crippen LogP contribution in [0, 0.1) is 27.7 Å². The topological polar surface area (TPSA) is 38.9 Å². The zero-order valence-corrected chi connectivity index (χ0v) is 37.9. The number of aromatic nitrogens is 4. The summed E-state index contributed by atoms with van der Waals surface area (Å²) in [5.74, 6) is 0.671. The van der Waals surface area contributed by atoms with Gasteiger partial charge in [-0.05, 0) is 119 Å². The quantitative estimate of drug-likeness (QED) is 0.153. The van der Waals surface area contributed by atoms with Gasteiger partial charge in [-0.25, -0.2) is 9.97 Å². The summed E-state index contributed by atoms with van der Waals surface area (Å²) in [6.07, 6.45) is 0. The van der Waals surface area contributed by atoms with Crippen LogP contribution in [0.25, 0.3) is 88.9 Å². The molecule has 12 rings (SSSR count). The van der Waals surface area contributed by atoms with Gasteiger partial charge in [-0.1, -0.05) is 144 Å². The van der Waals surface area contributed by atoms with Crippen molar-refractivity contribution in [1.29, 1.82) is 0 Å². The molecule has 3 heterocycles. The van der Waals surface area contributed by atoms with Gasteiger partial charge in [-0.2, -0.15) is 0 Å². The first kappa shape index (κ1) is 40.0. The van der Waals surface area contributed by atoms with Gasteiger partial charge in [-0.15, -0.1) is 0 Å². The Morgan fingerprint density at radius 2 is 0.672 bits per heavy atom. The number of benzene rings is 9. The number of hydrogen-bond donors (Lipinski definition) is 0. The third kappa shape index (κ3) is 6.95. The molecule has 320 valence electrons. The summed E-state index contributed by atoms with van der Waals surface area (Å²) < 4.78 is 4.98. The van der Waals surface area contributed by atoms with E-state index in [-0.39, 0.29) is 0 Å². The van der Waals surface area contributed by atoms with Gasteiger partial charge in [-0.3, -0.25) is 0 Å². The number of anilines is 3. The zero-order chi connectivity index (χ0) is 45.2. The maximum Gasteiger partial charge on any atom is 0.160 e. The second-order valence-electron chi connectivity index (χ2n) is 17.8. The van der Waals surface area contributed by atoms with E-state index < -0.39 is 0 Å². The maximum absolute atomic E-state index is 5.49. The average Bonchev–Trinajstić information content (AvgIpc) is 3.85. The molecule has 0 amide bonds. The number of nitrogens with zero attached hydrogens (tertiary/aromatic N) is 5. The fourth-order valence-electron chi connectivity index (χ4n) is 9.97. The van der Waals surface area contributed by atoms with Gasteiger partial charge in [0, 0.05) is 49.6 Å². The van der Waals surface area contributed by atoms with Gasteiger partial charge >= 0.3 is 0 Å². The molecule has 0 spiro atoms. The van der Waals surface area contributed by atoms with Crippen molar-refractivity contribution in [3.05, 3.63) is 235 Å². The molecule has 0 aliphatic heterocycles. The third-order valence-electron chi connectivity index (χ3n) is 13.1. The van der Waals surface area contributed by atoms with Crippen molar-refractivity contribution in [3.63, 3.8) is 0 Å². The van der Waals surface area contributed by atoms with Crippen molar-refractivity contribution >= 4 is 60.7 Å². The van der Waals surface area contributed by atoms with Crippen LogP contribution < -0.4 is 4.90 Å². The van der Waals surface area contributed by atoms with Crippen LogP contribution in [0.4, 0.5) is 17.1 Å². The molecular formula is C62H47N5. The second kappa shape index (κ2) is 16.2. The lowest BCUT2D eigenvalue weighted by molar-refractivity contribution is 1.10. The summed E-state index contributed by atoms with van der Waals surface area (Å²) in [6.45, 7) is 8.74. The van der Waals surface area contributed by atoms with Crippen LogP contribution in [0.5, 0.6) is 0 Å². The van der Waals surface area contributed by atoms with Gasteiger partial charge in [0.15, 0.2) is 5.82 Å². The summed E-state index contributed by atoms with van der Waals surface area (Å²) in [4.78, 5) is 13.2. The van der Waals surface area contributed by atoms with Crippen molar-refractivity contribution in [2.75, 3.05) is 4.90 Å². The number of aryl methyl sites for hydroxylation is 4. The normalized spacial score (nSPS) is 11.6. The molecule has 12 aromatic rings. The van der Waals surface area contributed by atoms with Crippen LogP contribution in [0.2, 0.25) is 0 Å². The number of fused-ring (bicyclic) bond motifs is 6. The lowest BCUT2D eigenvalue weighted by Gasteiger charge is -2.32. The Morgan fingerprint density at radius 1 is 0.328 bits per heavy atom. The van der Waals surface area contributed by atoms with E-state index in [1.807, 2.05) is 6.07 Å². The summed E-state index contributed by atoms with van der Waals surface area (Å²) >= 11 is 0. The van der Waals surface area contributed by atoms with Gasteiger partial charge in [0.05, 0.1) is 50.5 Å². The monoisotopic (exact) mass is 861 g/mol. The summed E-state index contributed by atoms with van der Waals surface area (Å²) in [5.41, 5.74) is 19.2. The highest BCUT2D eigenvalue weighted by atomic mass is 15.2. The molecule has 0 unspecified atom stereocenters. The predicted octanol–water partition coefficient (Wildman–Crippen LogP) is 16.4. The third-order valence-corrected chi connectivity index (χ3v) is 13.1. The molecule has 3 aromatic heterocycles. The highest BCUT2D eigenvalue weighted by Gasteiger charge is 2.28. The minimum atomic E-state index is 0.671. The Hall–Kier alpha value is -8.54. The SMILES string of the molecule is Cc1ccc2c(c1)c1cc(C)ccc1n2-c1cc(-c2cc(-c3ccccc3)nc(-c3ccccc3)n2)cc(-n2c3ccc(C)cc3c3cc(C)ccc32)c1N(c1ccccc1)c1ccccc1. The molecule has 0 radical (unpaired) electrons. The second-order valence-corrected chi connectivity index (χ2v) is 17.8. The Morgan fingerprint density at radius 3 is 1.06 bits per heavy atom. The van der Waals surface area contributed by atoms with Crippen LogP contribution in [0.15, 0.2) is 212 Å². The standard InChI is InChI=1S/C62H47N5/c1-40-25-29-55-49(33-40)50-34-41(2)26-30-56(50)66(55)59-37-46(54-39-53(44-17-9-5-10-18-44)63-62(64-54)45-19-11-6-12-20-45)38-60(61(59)65(47-21-13-7-14-22-47)48-23-15-8-16-24-48)67-57-31-27-42(3)35-51(57)52-36-43(4)28-32-58(52)67/h5-39H,1-4H3. The lowest BCUT2D eigenvalue weighted by Crippen LogP contribution is -2.16. The average molecular weight is 862 g/mol. The molecule has 67 heavy (non-hydrogen) atoms. The number of hydrogen-bond acceptors (Lipinski definition) is 3. The first-order valence-corrected chi connectivity index (χ1v) is 23.0. The predicted molar refractivity (Wildman–Crippen MR) is 281 cm³/mol. The Balaban J connectivity index is 1.31. The van der Waals surface area contributed by atoms with E-state index in [9.17, 15) is 0 Å². The molecule has 0 N–H and O–H groups in total. The first-order chi connectivity index (χ1) is 32.9. The van der Waals surface area contributed by atoms with E-state index >= 15 is 0 Å². The van der Waals surface area contributed by atoms with Crippen LogP contribution in [0.3, 0.4) is 0 Å². The number of rotatable bonds is 8. The molecular weight excluding hydrogens is 815 g/mol. The smallest absolute Gasteiger partial charge is 0.160 e. The maximum atomic E-state index is 5.49. The minimum absolute atomic E-state index is 0.671. The van der Waals surface area contributed by atoms with E-state index in [4.69, 9.17) is 9.97 Å². The highest BCUT2D eigenvalue weighted by molar-refractivity contribution is 6.13. The molecule has 0 aliphatic rings. The fourth-order valence-corrected chi connectivity index (χ4v) is 9.97. The van der Waals surface area contributed by atoms with Crippen LogP contribution in [-0.4, -0.2) is 19.1 Å². The van der Waals surface area contributed by atoms with Crippen molar-refractivity contribution < 1.29 is 0 Å². The summed E-state index contributed by atoms with van der Waals surface area (Å²) in [7, 11) is 0. The molecule has 0 fully saturated rings. The summed E-state index contributed by atoms with van der Waals surface area (Å²) in [5, 5.41) is 4.85. The van der Waals surface area contributed by atoms with E-state index in [2.05, 4.69) is 248 Å². The molecule has 5 nitrogen and oxygen atoms in total. The van der Waals surface area contributed by atoms with Crippen LogP contribution in [-0.2, 0) is 0 Å². The molecule has 5 heteroatoms. The molecule has 0 saturated carbocycles.